The Hall–Kier alpha value is -3.81. The fourth-order valence-corrected chi connectivity index (χ4v) is 3.38. The molecule has 8 nitrogen and oxygen atoms in total. The van der Waals surface area contributed by atoms with Gasteiger partial charge in [0.25, 0.3) is 5.56 Å². The normalized spacial score (nSPS) is 11.7. The fourth-order valence-electron chi connectivity index (χ4n) is 3.38. The molecule has 2 N–H and O–H groups in total. The first kappa shape index (κ1) is 21.9. The van der Waals surface area contributed by atoms with E-state index in [2.05, 4.69) is 15.4 Å². The number of pyridine rings is 1. The zero-order valence-corrected chi connectivity index (χ0v) is 17.6. The van der Waals surface area contributed by atoms with Gasteiger partial charge < -0.3 is 10.4 Å². The summed E-state index contributed by atoms with van der Waals surface area (Å²) < 4.78 is 1.30. The number of rotatable bonds is 8. The van der Waals surface area contributed by atoms with Crippen molar-refractivity contribution in [3.63, 3.8) is 0 Å². The van der Waals surface area contributed by atoms with E-state index in [0.717, 1.165) is 5.56 Å². The van der Waals surface area contributed by atoms with Crippen LogP contribution in [0.15, 0.2) is 53.5 Å². The van der Waals surface area contributed by atoms with Crippen molar-refractivity contribution in [2.45, 2.75) is 39.7 Å². The number of carboxylic acid groups (broad SMARTS) is 1. The summed E-state index contributed by atoms with van der Waals surface area (Å²) in [5.41, 5.74) is 1.92. The first-order chi connectivity index (χ1) is 14.9. The van der Waals surface area contributed by atoms with Crippen LogP contribution in [0, 0.1) is 0 Å². The quantitative estimate of drug-likeness (QED) is 0.532. The average Bonchev–Trinajstić information content (AvgIpc) is 2.76. The highest BCUT2D eigenvalue weighted by Gasteiger charge is 2.23. The molecule has 0 fully saturated rings. The number of nitrogens with zero attached hydrogens (tertiary/aromatic N) is 3. The molecule has 0 amide bonds. The summed E-state index contributed by atoms with van der Waals surface area (Å²) >= 11 is 0. The van der Waals surface area contributed by atoms with E-state index < -0.39 is 17.4 Å². The van der Waals surface area contributed by atoms with E-state index in [1.54, 1.807) is 26.0 Å². The zero-order valence-electron chi connectivity index (χ0n) is 17.6. The Morgan fingerprint density at radius 3 is 2.35 bits per heavy atom. The zero-order chi connectivity index (χ0) is 22.5. The second-order valence-corrected chi connectivity index (χ2v) is 7.04. The Kier molecular flexibility index (Phi) is 6.59. The molecule has 0 aliphatic rings. The minimum absolute atomic E-state index is 0.114. The van der Waals surface area contributed by atoms with E-state index in [-0.39, 0.29) is 17.0 Å². The maximum Gasteiger partial charge on any atom is 0.312 e. The van der Waals surface area contributed by atoms with Crippen LogP contribution in [0.3, 0.4) is 0 Å². The van der Waals surface area contributed by atoms with Crippen molar-refractivity contribution in [1.29, 1.82) is 0 Å². The number of ketones is 1. The summed E-state index contributed by atoms with van der Waals surface area (Å²) in [4.78, 5) is 41.2. The predicted octanol–water partition coefficient (Wildman–Crippen LogP) is 3.85. The van der Waals surface area contributed by atoms with Gasteiger partial charge in [0.2, 0.25) is 0 Å². The second-order valence-electron chi connectivity index (χ2n) is 7.04. The lowest BCUT2D eigenvalue weighted by Crippen LogP contribution is -2.28. The number of carbonyl (C=O) groups is 2. The van der Waals surface area contributed by atoms with Gasteiger partial charge in [-0.3, -0.25) is 19.4 Å². The predicted molar refractivity (Wildman–Crippen MR) is 118 cm³/mol. The molecule has 1 aromatic carbocycles. The topological polar surface area (TPSA) is 114 Å². The molecule has 3 aromatic rings. The number of aryl methyl sites for hydroxylation is 1. The molecule has 31 heavy (non-hydrogen) atoms. The Morgan fingerprint density at radius 2 is 1.84 bits per heavy atom. The number of Topliss-reactive ketones (excluding diaryl/α,β-unsaturated/α-hetero) is 1. The van der Waals surface area contributed by atoms with Crippen molar-refractivity contribution < 1.29 is 14.7 Å². The monoisotopic (exact) mass is 420 g/mol. The largest absolute Gasteiger partial charge is 0.481 e. The highest BCUT2D eigenvalue weighted by atomic mass is 16.4. The fraction of sp³-hybridized carbons (Fsp3) is 0.261. The van der Waals surface area contributed by atoms with Gasteiger partial charge in [0.1, 0.15) is 11.4 Å². The molecule has 1 unspecified atom stereocenters. The molecule has 1 atom stereocenters. The maximum atomic E-state index is 13.0. The molecule has 3 rings (SSSR count). The van der Waals surface area contributed by atoms with Crippen LogP contribution in [0.4, 0.5) is 11.4 Å². The van der Waals surface area contributed by atoms with Gasteiger partial charge in [-0.1, -0.05) is 37.3 Å². The summed E-state index contributed by atoms with van der Waals surface area (Å²) in [7, 11) is 0. The third kappa shape index (κ3) is 4.53. The number of hydrogen-bond donors (Lipinski definition) is 2. The molecule has 2 aromatic heterocycles. The second kappa shape index (κ2) is 9.34. The third-order valence-corrected chi connectivity index (χ3v) is 4.97. The number of aliphatic carboxylic acids is 1. The first-order valence-corrected chi connectivity index (χ1v) is 10.0. The van der Waals surface area contributed by atoms with Gasteiger partial charge in [-0.25, -0.2) is 4.68 Å². The molecule has 160 valence electrons. The number of aromatic nitrogens is 3. The summed E-state index contributed by atoms with van der Waals surface area (Å²) in [5, 5.41) is 16.7. The average molecular weight is 420 g/mol. The van der Waals surface area contributed by atoms with Crippen molar-refractivity contribution in [2.75, 3.05) is 5.32 Å². The van der Waals surface area contributed by atoms with Crippen LogP contribution >= 0.6 is 0 Å². The van der Waals surface area contributed by atoms with Crippen LogP contribution in [-0.4, -0.2) is 31.6 Å². The van der Waals surface area contributed by atoms with Crippen molar-refractivity contribution in [2.24, 2.45) is 0 Å². The van der Waals surface area contributed by atoms with Crippen molar-refractivity contribution in [1.82, 2.24) is 14.8 Å². The van der Waals surface area contributed by atoms with E-state index in [1.807, 2.05) is 30.3 Å². The van der Waals surface area contributed by atoms with Gasteiger partial charge >= 0.3 is 5.97 Å². The summed E-state index contributed by atoms with van der Waals surface area (Å²) in [5.74, 6) is -1.94. The summed E-state index contributed by atoms with van der Waals surface area (Å²) in [6.45, 7) is 5.30. The highest BCUT2D eigenvalue weighted by molar-refractivity contribution is 6.05. The van der Waals surface area contributed by atoms with Crippen LogP contribution in [-0.2, 0) is 11.3 Å². The molecule has 0 bridgehead atoms. The van der Waals surface area contributed by atoms with Crippen LogP contribution in [0.1, 0.15) is 49.2 Å². The standard InChI is InChI=1S/C23H24N4O4/c1-4-17(23(30)31)18-12-11-16(13-24-18)25-21-19(14(3)28)20(15-9-7-6-8-10-15)26-27(5-2)22(21)29/h6-13,17,25H,4-5H2,1-3H3,(H,30,31). The Morgan fingerprint density at radius 1 is 1.13 bits per heavy atom. The van der Waals surface area contributed by atoms with Gasteiger partial charge in [0, 0.05) is 12.1 Å². The van der Waals surface area contributed by atoms with Crippen molar-refractivity contribution >= 4 is 23.1 Å². The van der Waals surface area contributed by atoms with Crippen molar-refractivity contribution in [3.8, 4) is 11.3 Å². The van der Waals surface area contributed by atoms with Crippen LogP contribution in [0.2, 0.25) is 0 Å². The number of carbonyl (C=O) groups excluding carboxylic acids is 1. The smallest absolute Gasteiger partial charge is 0.312 e. The van der Waals surface area contributed by atoms with Crippen molar-refractivity contribution in [3.05, 3.63) is 70.3 Å². The lowest BCUT2D eigenvalue weighted by molar-refractivity contribution is -0.138. The summed E-state index contributed by atoms with van der Waals surface area (Å²) in [6.07, 6.45) is 1.87. The molecule has 0 radical (unpaired) electrons. The lowest BCUT2D eigenvalue weighted by atomic mass is 10.0. The van der Waals surface area contributed by atoms with Crippen LogP contribution in [0.5, 0.6) is 0 Å². The number of nitrogens with one attached hydrogen (secondary N) is 1. The molecular formula is C23H24N4O4. The number of carboxylic acids is 1. The van der Waals surface area contributed by atoms with E-state index in [9.17, 15) is 19.5 Å². The molecule has 0 aliphatic heterocycles. The molecule has 0 saturated heterocycles. The molecular weight excluding hydrogens is 396 g/mol. The maximum absolute atomic E-state index is 13.0. The molecule has 0 saturated carbocycles. The van der Waals surface area contributed by atoms with Crippen LogP contribution < -0.4 is 10.9 Å². The van der Waals surface area contributed by atoms with Gasteiger partial charge in [-0.15, -0.1) is 0 Å². The molecule has 0 aliphatic carbocycles. The Balaban J connectivity index is 2.11. The van der Waals surface area contributed by atoms with Gasteiger partial charge in [0.15, 0.2) is 5.78 Å². The van der Waals surface area contributed by atoms with E-state index in [4.69, 9.17) is 0 Å². The molecule has 2 heterocycles. The van der Waals surface area contributed by atoms with Crippen LogP contribution in [0.25, 0.3) is 11.3 Å². The summed E-state index contributed by atoms with van der Waals surface area (Å²) in [6, 6.07) is 12.5. The lowest BCUT2D eigenvalue weighted by Gasteiger charge is -2.16. The third-order valence-electron chi connectivity index (χ3n) is 4.97. The first-order valence-electron chi connectivity index (χ1n) is 10.0. The van der Waals surface area contributed by atoms with Gasteiger partial charge in [0.05, 0.1) is 29.1 Å². The highest BCUT2D eigenvalue weighted by Crippen LogP contribution is 2.28. The van der Waals surface area contributed by atoms with E-state index in [1.165, 1.54) is 17.8 Å². The minimum atomic E-state index is -0.943. The van der Waals surface area contributed by atoms with E-state index >= 15 is 0 Å². The SMILES string of the molecule is CCC(C(=O)O)c1ccc(Nc2c(C(C)=O)c(-c3ccccc3)nn(CC)c2=O)cn1. The molecule has 0 spiro atoms. The number of benzene rings is 1. The Bertz CT molecular complexity index is 1150. The Labute approximate surface area is 179 Å². The number of anilines is 2. The minimum Gasteiger partial charge on any atom is -0.481 e. The molecule has 8 heteroatoms. The number of hydrogen-bond acceptors (Lipinski definition) is 6. The van der Waals surface area contributed by atoms with Gasteiger partial charge in [-0.05, 0) is 32.4 Å². The van der Waals surface area contributed by atoms with E-state index in [0.29, 0.717) is 30.0 Å². The van der Waals surface area contributed by atoms with Gasteiger partial charge in [-0.2, -0.15) is 5.10 Å².